The van der Waals surface area contributed by atoms with Crippen LogP contribution in [-0.2, 0) is 10.0 Å². The molecule has 3 heterocycles. The number of fused-ring (bicyclic) bond motifs is 1. The van der Waals surface area contributed by atoms with Gasteiger partial charge in [-0.05, 0) is 61.6 Å². The number of benzene rings is 2. The van der Waals surface area contributed by atoms with Crippen LogP contribution >= 0.6 is 11.3 Å². The third-order valence-corrected chi connectivity index (χ3v) is 10.9. The van der Waals surface area contributed by atoms with Gasteiger partial charge in [-0.1, -0.05) is 24.3 Å². The number of carbonyl (C=O) groups excluding carboxylic acids is 1. The van der Waals surface area contributed by atoms with E-state index in [1.807, 2.05) is 6.07 Å². The van der Waals surface area contributed by atoms with Gasteiger partial charge in [0.2, 0.25) is 10.0 Å². The molecule has 2 saturated heterocycles. The van der Waals surface area contributed by atoms with Crippen LogP contribution in [-0.4, -0.2) is 88.0 Å². The summed E-state index contributed by atoms with van der Waals surface area (Å²) in [5, 5.41) is 3.99. The Morgan fingerprint density at radius 1 is 1.05 bits per heavy atom. The number of methoxy groups -OCH3 is 1. The van der Waals surface area contributed by atoms with Crippen LogP contribution < -0.4 is 15.0 Å². The first-order valence-electron chi connectivity index (χ1n) is 13.6. The molecule has 1 N–H and O–H groups in total. The van der Waals surface area contributed by atoms with Gasteiger partial charge in [0.15, 0.2) is 5.13 Å². The number of aromatic nitrogens is 1. The molecule has 5 rings (SSSR count). The zero-order valence-electron chi connectivity index (χ0n) is 22.9. The third kappa shape index (κ3) is 6.06. The molecule has 0 spiro atoms. The molecule has 0 radical (unpaired) electrons. The van der Waals surface area contributed by atoms with Gasteiger partial charge in [-0.15, -0.1) is 0 Å². The fourth-order valence-electron chi connectivity index (χ4n) is 5.14. The first kappa shape index (κ1) is 27.8. The largest absolute Gasteiger partial charge is 0.494 e. The van der Waals surface area contributed by atoms with E-state index < -0.39 is 10.0 Å². The average molecular weight is 572 g/mol. The van der Waals surface area contributed by atoms with E-state index in [1.54, 1.807) is 47.0 Å². The summed E-state index contributed by atoms with van der Waals surface area (Å²) in [6.45, 7) is 10.2. The van der Waals surface area contributed by atoms with E-state index >= 15 is 0 Å². The van der Waals surface area contributed by atoms with E-state index in [1.165, 1.54) is 10.3 Å². The molecule has 2 aliphatic heterocycles. The van der Waals surface area contributed by atoms with Gasteiger partial charge in [-0.25, -0.2) is 13.4 Å². The molecule has 1 amide bonds. The minimum absolute atomic E-state index is 0.192. The Balaban J connectivity index is 1.09. The van der Waals surface area contributed by atoms with Crippen molar-refractivity contribution >= 4 is 42.6 Å². The van der Waals surface area contributed by atoms with E-state index in [-0.39, 0.29) is 10.8 Å². The maximum Gasteiger partial charge on any atom is 0.251 e. The summed E-state index contributed by atoms with van der Waals surface area (Å²) in [5.74, 6) is 1.17. The minimum atomic E-state index is -3.52. The zero-order chi connectivity index (χ0) is 27.6. The van der Waals surface area contributed by atoms with Crippen LogP contribution in [0.2, 0.25) is 0 Å². The van der Waals surface area contributed by atoms with E-state index in [2.05, 4.69) is 35.0 Å². The Kier molecular flexibility index (Phi) is 8.41. The van der Waals surface area contributed by atoms with E-state index in [4.69, 9.17) is 9.72 Å². The van der Waals surface area contributed by atoms with Gasteiger partial charge in [-0.3, -0.25) is 9.69 Å². The number of sulfonamides is 1. The Morgan fingerprint density at radius 2 is 1.74 bits per heavy atom. The highest BCUT2D eigenvalue weighted by Crippen LogP contribution is 2.36. The van der Waals surface area contributed by atoms with Gasteiger partial charge >= 0.3 is 0 Å². The zero-order valence-corrected chi connectivity index (χ0v) is 24.5. The molecule has 0 bridgehead atoms. The lowest BCUT2D eigenvalue weighted by Gasteiger charge is -2.34. The fourth-order valence-corrected chi connectivity index (χ4v) is 7.72. The number of amides is 1. The van der Waals surface area contributed by atoms with Crippen LogP contribution in [0.25, 0.3) is 10.2 Å². The highest BCUT2D eigenvalue weighted by molar-refractivity contribution is 7.89. The number of carbonyl (C=O) groups is 1. The SMILES string of the molecule is COc1ccc(C)c2sc(N3CCN(CCNC(=O)c4ccc(S(=O)(=O)N5CCC(C)CC5)cc4)CC3)nc12. The average Bonchev–Trinajstić information content (AvgIpc) is 3.40. The number of piperazine rings is 1. The van der Waals surface area contributed by atoms with Gasteiger partial charge in [0.25, 0.3) is 5.91 Å². The minimum Gasteiger partial charge on any atom is -0.494 e. The number of anilines is 1. The van der Waals surface area contributed by atoms with Crippen molar-refractivity contribution in [2.24, 2.45) is 5.92 Å². The summed E-state index contributed by atoms with van der Waals surface area (Å²) < 4.78 is 34.1. The molecule has 0 atom stereocenters. The van der Waals surface area contributed by atoms with Crippen molar-refractivity contribution in [1.82, 2.24) is 19.5 Å². The molecule has 0 aliphatic carbocycles. The monoisotopic (exact) mass is 571 g/mol. The highest BCUT2D eigenvalue weighted by Gasteiger charge is 2.28. The normalized spacial score (nSPS) is 18.0. The Bertz CT molecular complexity index is 1410. The number of ether oxygens (including phenoxy) is 1. The Hall–Kier alpha value is -2.73. The first-order chi connectivity index (χ1) is 18.8. The van der Waals surface area contributed by atoms with E-state index in [0.717, 1.165) is 62.0 Å². The smallest absolute Gasteiger partial charge is 0.251 e. The molecule has 9 nitrogen and oxygen atoms in total. The molecule has 0 saturated carbocycles. The van der Waals surface area contributed by atoms with E-state index in [9.17, 15) is 13.2 Å². The molecule has 1 aromatic heterocycles. The number of nitrogens with zero attached hydrogens (tertiary/aromatic N) is 4. The predicted molar refractivity (Wildman–Crippen MR) is 155 cm³/mol. The molecule has 210 valence electrons. The molecule has 2 aliphatic rings. The van der Waals surface area contributed by atoms with Crippen molar-refractivity contribution in [3.8, 4) is 5.75 Å². The second-order valence-electron chi connectivity index (χ2n) is 10.5. The van der Waals surface area contributed by atoms with Crippen LogP contribution in [0.4, 0.5) is 5.13 Å². The summed E-state index contributed by atoms with van der Waals surface area (Å²) in [7, 11) is -1.84. The lowest BCUT2D eigenvalue weighted by atomic mass is 10.0. The quantitative estimate of drug-likeness (QED) is 0.442. The number of nitrogens with one attached hydrogen (secondary N) is 1. The predicted octanol–water partition coefficient (Wildman–Crippen LogP) is 3.59. The number of hydrogen-bond donors (Lipinski definition) is 1. The first-order valence-corrected chi connectivity index (χ1v) is 15.8. The summed E-state index contributed by atoms with van der Waals surface area (Å²) in [4.78, 5) is 22.4. The maximum atomic E-state index is 12.9. The van der Waals surface area contributed by atoms with Crippen LogP contribution in [0.5, 0.6) is 5.75 Å². The lowest BCUT2D eigenvalue weighted by Crippen LogP contribution is -2.48. The third-order valence-electron chi connectivity index (χ3n) is 7.77. The molecule has 2 aromatic carbocycles. The van der Waals surface area contributed by atoms with Crippen molar-refractivity contribution in [3.63, 3.8) is 0 Å². The molecule has 2 fully saturated rings. The summed E-state index contributed by atoms with van der Waals surface area (Å²) in [5.41, 5.74) is 2.60. The van der Waals surface area contributed by atoms with Gasteiger partial charge in [0.1, 0.15) is 11.3 Å². The number of rotatable bonds is 8. The standard InChI is InChI=1S/C28H37N5O4S2/c1-20-10-13-33(14-11-20)39(35,36)23-7-5-22(6-8-23)27(34)29-12-15-31-16-18-32(19-17-31)28-30-25-24(37-3)9-4-21(2)26(25)38-28/h4-9,20H,10-19H2,1-3H3,(H,29,34). The molecule has 39 heavy (non-hydrogen) atoms. The van der Waals surface area contributed by atoms with Crippen molar-refractivity contribution < 1.29 is 17.9 Å². The Labute approximate surface area is 234 Å². The summed E-state index contributed by atoms with van der Waals surface area (Å²) >= 11 is 1.71. The van der Waals surface area contributed by atoms with Gasteiger partial charge in [0, 0.05) is 57.9 Å². The lowest BCUT2D eigenvalue weighted by molar-refractivity contribution is 0.0947. The molecular weight excluding hydrogens is 534 g/mol. The number of thiazole rings is 1. The summed E-state index contributed by atoms with van der Waals surface area (Å²) in [6, 6.07) is 10.3. The topological polar surface area (TPSA) is 95.1 Å². The van der Waals surface area contributed by atoms with Crippen LogP contribution in [0.1, 0.15) is 35.7 Å². The molecule has 0 unspecified atom stereocenters. The molecule has 11 heteroatoms. The maximum absolute atomic E-state index is 12.9. The highest BCUT2D eigenvalue weighted by atomic mass is 32.2. The van der Waals surface area contributed by atoms with Gasteiger partial charge < -0.3 is 15.0 Å². The second-order valence-corrected chi connectivity index (χ2v) is 13.4. The molecule has 3 aromatic rings. The van der Waals surface area contributed by atoms with Gasteiger partial charge in [-0.2, -0.15) is 4.31 Å². The van der Waals surface area contributed by atoms with E-state index in [0.29, 0.717) is 31.1 Å². The van der Waals surface area contributed by atoms with Crippen LogP contribution in [0, 0.1) is 12.8 Å². The molecular formula is C28H37N5O4S2. The van der Waals surface area contributed by atoms with Crippen molar-refractivity contribution in [3.05, 3.63) is 47.5 Å². The van der Waals surface area contributed by atoms with Crippen LogP contribution in [0.15, 0.2) is 41.3 Å². The second kappa shape index (κ2) is 11.8. The summed E-state index contributed by atoms with van der Waals surface area (Å²) in [6.07, 6.45) is 1.76. The Morgan fingerprint density at radius 3 is 2.41 bits per heavy atom. The van der Waals surface area contributed by atoms with Crippen LogP contribution in [0.3, 0.4) is 0 Å². The van der Waals surface area contributed by atoms with Crippen molar-refractivity contribution in [2.45, 2.75) is 31.6 Å². The van der Waals surface area contributed by atoms with Gasteiger partial charge in [0.05, 0.1) is 16.7 Å². The van der Waals surface area contributed by atoms with Crippen molar-refractivity contribution in [1.29, 1.82) is 0 Å². The number of piperidine rings is 1. The number of hydrogen-bond acceptors (Lipinski definition) is 8. The number of aryl methyl sites for hydroxylation is 1. The van der Waals surface area contributed by atoms with Crippen molar-refractivity contribution in [2.75, 3.05) is 64.4 Å². The fraction of sp³-hybridized carbons (Fsp3) is 0.500.